The maximum absolute atomic E-state index is 12.7. The summed E-state index contributed by atoms with van der Waals surface area (Å²) in [6.45, 7) is 0. The molecular formula is C8H4F2N2. The highest BCUT2D eigenvalue weighted by Crippen LogP contribution is 2.12. The number of hydrogen-bond donors (Lipinski definition) is 1. The van der Waals surface area contributed by atoms with Gasteiger partial charge >= 0.3 is 0 Å². The van der Waals surface area contributed by atoms with Gasteiger partial charge in [0.1, 0.15) is 17.7 Å². The second-order valence-electron chi connectivity index (χ2n) is 2.11. The lowest BCUT2D eigenvalue weighted by Crippen LogP contribution is -1.92. The first kappa shape index (κ1) is 8.34. The maximum atomic E-state index is 12.7. The van der Waals surface area contributed by atoms with Gasteiger partial charge in [0.25, 0.3) is 0 Å². The van der Waals surface area contributed by atoms with Gasteiger partial charge < -0.3 is 5.41 Å². The van der Waals surface area contributed by atoms with Crippen molar-refractivity contribution < 1.29 is 8.78 Å². The van der Waals surface area contributed by atoms with E-state index >= 15 is 0 Å². The Hall–Kier alpha value is -1.76. The second-order valence-corrected chi connectivity index (χ2v) is 2.11. The molecule has 4 heteroatoms. The van der Waals surface area contributed by atoms with Crippen molar-refractivity contribution in [1.82, 2.24) is 0 Å². The number of nitrogens with one attached hydrogen (secondary N) is 1. The van der Waals surface area contributed by atoms with Crippen molar-refractivity contribution in [2.45, 2.75) is 0 Å². The minimum absolute atomic E-state index is 0.161. The van der Waals surface area contributed by atoms with E-state index in [2.05, 4.69) is 0 Å². The quantitative estimate of drug-likeness (QED) is 0.635. The predicted molar refractivity (Wildman–Crippen MR) is 39.0 cm³/mol. The average Bonchev–Trinajstić information content (AvgIpc) is 2.08. The van der Waals surface area contributed by atoms with Crippen molar-refractivity contribution in [3.63, 3.8) is 0 Å². The van der Waals surface area contributed by atoms with E-state index in [0.717, 1.165) is 12.1 Å². The van der Waals surface area contributed by atoms with Crippen molar-refractivity contribution in [1.29, 1.82) is 10.7 Å². The molecule has 0 aromatic heterocycles. The molecule has 0 saturated carbocycles. The molecule has 1 rings (SSSR count). The highest BCUT2D eigenvalue weighted by atomic mass is 19.1. The molecule has 0 aliphatic rings. The van der Waals surface area contributed by atoms with Gasteiger partial charge in [-0.3, -0.25) is 0 Å². The molecule has 1 aromatic carbocycles. The minimum Gasteiger partial charge on any atom is -0.308 e. The molecule has 0 saturated heterocycles. The van der Waals surface area contributed by atoms with Crippen LogP contribution < -0.4 is 0 Å². The van der Waals surface area contributed by atoms with Crippen LogP contribution in [0.5, 0.6) is 0 Å². The highest BCUT2D eigenvalue weighted by molar-refractivity contribution is 5.77. The molecule has 1 aromatic rings. The first-order chi connectivity index (χ1) is 5.69. The molecule has 0 atom stereocenters. The topological polar surface area (TPSA) is 47.6 Å². The van der Waals surface area contributed by atoms with Gasteiger partial charge in [0.2, 0.25) is 0 Å². The Morgan fingerprint density at radius 3 is 2.50 bits per heavy atom. The molecule has 0 unspecified atom stereocenters. The van der Waals surface area contributed by atoms with E-state index in [9.17, 15) is 8.78 Å². The fourth-order valence-electron chi connectivity index (χ4n) is 0.759. The largest absolute Gasteiger partial charge is 0.308 e. The van der Waals surface area contributed by atoms with Crippen molar-refractivity contribution in [3.05, 3.63) is 34.9 Å². The molecule has 2 nitrogen and oxygen atoms in total. The summed E-state index contributed by atoms with van der Waals surface area (Å²) in [6, 6.07) is 3.09. The number of nitriles is 1. The molecule has 0 heterocycles. The highest BCUT2D eigenvalue weighted by Gasteiger charge is 2.06. The number of nitrogens with zero attached hydrogens (tertiary/aromatic N) is 1. The summed E-state index contributed by atoms with van der Waals surface area (Å²) in [5.74, 6) is -1.57. The van der Waals surface area contributed by atoms with Gasteiger partial charge in [-0.25, -0.2) is 8.78 Å². The van der Waals surface area contributed by atoms with E-state index in [1.54, 1.807) is 0 Å². The van der Waals surface area contributed by atoms with Gasteiger partial charge in [-0.1, -0.05) is 0 Å². The number of rotatable bonds is 1. The monoisotopic (exact) mass is 166 g/mol. The van der Waals surface area contributed by atoms with Crippen molar-refractivity contribution >= 4 is 6.21 Å². The van der Waals surface area contributed by atoms with Crippen LogP contribution in [0.2, 0.25) is 0 Å². The third-order valence-electron chi connectivity index (χ3n) is 1.36. The number of hydrogen-bond acceptors (Lipinski definition) is 2. The fourth-order valence-corrected chi connectivity index (χ4v) is 0.759. The summed E-state index contributed by atoms with van der Waals surface area (Å²) in [7, 11) is 0. The van der Waals surface area contributed by atoms with Gasteiger partial charge in [-0.2, -0.15) is 5.26 Å². The summed E-state index contributed by atoms with van der Waals surface area (Å²) < 4.78 is 25.5. The zero-order valence-corrected chi connectivity index (χ0v) is 5.94. The first-order valence-corrected chi connectivity index (χ1v) is 3.08. The van der Waals surface area contributed by atoms with Gasteiger partial charge in [-0.15, -0.1) is 0 Å². The van der Waals surface area contributed by atoms with Gasteiger partial charge in [-0.05, 0) is 12.1 Å². The van der Waals surface area contributed by atoms with Crippen LogP contribution >= 0.6 is 0 Å². The standard InChI is InChI=1S/C8H4F2N2/c9-7-1-5(3-11)8(10)2-6(7)4-12/h1-3,11H. The van der Waals surface area contributed by atoms with Crippen LogP contribution in [0.3, 0.4) is 0 Å². The van der Waals surface area contributed by atoms with E-state index < -0.39 is 11.6 Å². The SMILES string of the molecule is N#Cc1cc(F)c(C=N)cc1F. The minimum atomic E-state index is -0.808. The first-order valence-electron chi connectivity index (χ1n) is 3.08. The number of halogens is 2. The van der Waals surface area contributed by atoms with Gasteiger partial charge in [0.15, 0.2) is 0 Å². The lowest BCUT2D eigenvalue weighted by atomic mass is 10.1. The summed E-state index contributed by atoms with van der Waals surface area (Å²) in [5.41, 5.74) is -0.510. The van der Waals surface area contributed by atoms with Gasteiger partial charge in [0, 0.05) is 11.8 Å². The molecule has 0 fully saturated rings. The zero-order chi connectivity index (χ0) is 9.14. The van der Waals surface area contributed by atoms with Crippen LogP contribution in [0.15, 0.2) is 12.1 Å². The smallest absolute Gasteiger partial charge is 0.141 e. The molecule has 12 heavy (non-hydrogen) atoms. The zero-order valence-electron chi connectivity index (χ0n) is 5.94. The van der Waals surface area contributed by atoms with Crippen LogP contribution in [0.4, 0.5) is 8.78 Å². The van der Waals surface area contributed by atoms with E-state index in [-0.39, 0.29) is 11.1 Å². The summed E-state index contributed by atoms with van der Waals surface area (Å²) >= 11 is 0. The van der Waals surface area contributed by atoms with Crippen molar-refractivity contribution in [2.75, 3.05) is 0 Å². The maximum Gasteiger partial charge on any atom is 0.141 e. The lowest BCUT2D eigenvalue weighted by Gasteiger charge is -1.96. The molecule has 0 aliphatic heterocycles. The van der Waals surface area contributed by atoms with Crippen LogP contribution in [0.1, 0.15) is 11.1 Å². The third kappa shape index (κ3) is 1.30. The Kier molecular flexibility index (Phi) is 2.15. The Morgan fingerprint density at radius 2 is 2.00 bits per heavy atom. The van der Waals surface area contributed by atoms with E-state index in [1.165, 1.54) is 6.07 Å². The summed E-state index contributed by atoms with van der Waals surface area (Å²) in [5, 5.41) is 15.0. The Morgan fingerprint density at radius 1 is 1.33 bits per heavy atom. The van der Waals surface area contributed by atoms with Crippen LogP contribution in [-0.4, -0.2) is 6.21 Å². The second kappa shape index (κ2) is 3.09. The molecule has 0 spiro atoms. The summed E-state index contributed by atoms with van der Waals surface area (Å²) in [6.07, 6.45) is 0.694. The van der Waals surface area contributed by atoms with E-state index in [1.807, 2.05) is 0 Å². The molecule has 0 bridgehead atoms. The van der Waals surface area contributed by atoms with Crippen molar-refractivity contribution in [3.8, 4) is 6.07 Å². The summed E-state index contributed by atoms with van der Waals surface area (Å²) in [4.78, 5) is 0. The molecular weight excluding hydrogens is 162 g/mol. The molecule has 1 N–H and O–H groups in total. The molecule has 60 valence electrons. The van der Waals surface area contributed by atoms with Gasteiger partial charge in [0.05, 0.1) is 5.56 Å². The predicted octanol–water partition coefficient (Wildman–Crippen LogP) is 1.83. The van der Waals surface area contributed by atoms with Crippen molar-refractivity contribution in [2.24, 2.45) is 0 Å². The normalized spacial score (nSPS) is 9.08. The Labute approximate surface area is 67.6 Å². The van der Waals surface area contributed by atoms with Crippen LogP contribution in [0.25, 0.3) is 0 Å². The van der Waals surface area contributed by atoms with E-state index in [4.69, 9.17) is 10.7 Å². The van der Waals surface area contributed by atoms with E-state index in [0.29, 0.717) is 6.21 Å². The molecule has 0 radical (unpaired) electrons. The van der Waals surface area contributed by atoms with Crippen LogP contribution in [-0.2, 0) is 0 Å². The number of benzene rings is 1. The Bertz CT molecular complexity index is 366. The van der Waals surface area contributed by atoms with Crippen LogP contribution in [0, 0.1) is 28.4 Å². The average molecular weight is 166 g/mol. The fraction of sp³-hybridized carbons (Fsp3) is 0. The molecule has 0 aliphatic carbocycles. The third-order valence-corrected chi connectivity index (χ3v) is 1.36. The Balaban J connectivity index is 3.38. The molecule has 0 amide bonds. The lowest BCUT2D eigenvalue weighted by molar-refractivity contribution is 0.595.